The summed E-state index contributed by atoms with van der Waals surface area (Å²) in [7, 11) is 1.61. The molecular weight excluding hydrogens is 376 g/mol. The lowest BCUT2D eigenvalue weighted by Crippen LogP contribution is -2.44. The number of anilines is 1. The Balaban J connectivity index is 1.76. The highest BCUT2D eigenvalue weighted by molar-refractivity contribution is 5.99. The summed E-state index contributed by atoms with van der Waals surface area (Å²) in [5.41, 5.74) is 0.617. The summed E-state index contributed by atoms with van der Waals surface area (Å²) < 4.78 is 15.9. The molecule has 1 fully saturated rings. The molecule has 0 saturated carbocycles. The van der Waals surface area contributed by atoms with Crippen molar-refractivity contribution in [2.24, 2.45) is 0 Å². The quantitative estimate of drug-likeness (QED) is 0.415. The Kier molecular flexibility index (Phi) is 6.79. The van der Waals surface area contributed by atoms with Gasteiger partial charge < -0.3 is 19.5 Å². The number of nitrogens with zero attached hydrogens (tertiary/aromatic N) is 1. The van der Waals surface area contributed by atoms with Crippen LogP contribution in [0.15, 0.2) is 48.5 Å². The molecule has 8 heteroatoms. The normalized spacial score (nSPS) is 15.5. The van der Waals surface area contributed by atoms with Gasteiger partial charge in [0.15, 0.2) is 0 Å². The number of non-ortho nitro benzene ring substituents is 1. The second-order valence-corrected chi connectivity index (χ2v) is 6.82. The Morgan fingerprint density at radius 1 is 1.10 bits per heavy atom. The number of nitro benzene ring substituents is 1. The van der Waals surface area contributed by atoms with Crippen LogP contribution < -0.4 is 10.1 Å². The fourth-order valence-electron chi connectivity index (χ4n) is 3.40. The smallest absolute Gasteiger partial charge is 0.269 e. The third kappa shape index (κ3) is 4.90. The van der Waals surface area contributed by atoms with Gasteiger partial charge in [-0.3, -0.25) is 14.9 Å². The molecule has 8 nitrogen and oxygen atoms in total. The average Bonchev–Trinajstić information content (AvgIpc) is 2.75. The number of ether oxygens (including phenoxy) is 3. The lowest BCUT2D eigenvalue weighted by molar-refractivity contribution is -0.384. The Morgan fingerprint density at radius 2 is 1.76 bits per heavy atom. The molecule has 0 atom stereocenters. The molecule has 0 unspecified atom stereocenters. The van der Waals surface area contributed by atoms with E-state index in [1.807, 2.05) is 0 Å². The molecule has 29 heavy (non-hydrogen) atoms. The van der Waals surface area contributed by atoms with Crippen molar-refractivity contribution in [3.63, 3.8) is 0 Å². The second-order valence-electron chi connectivity index (χ2n) is 6.82. The number of hydrogen-bond acceptors (Lipinski definition) is 6. The van der Waals surface area contributed by atoms with Gasteiger partial charge in [0, 0.05) is 38.1 Å². The molecule has 1 aliphatic heterocycles. The van der Waals surface area contributed by atoms with E-state index in [1.54, 1.807) is 43.5 Å². The Bertz CT molecular complexity index is 829. The molecule has 0 aliphatic carbocycles. The number of methoxy groups -OCH3 is 1. The van der Waals surface area contributed by atoms with Crippen molar-refractivity contribution in [3.05, 3.63) is 64.2 Å². The van der Waals surface area contributed by atoms with Gasteiger partial charge in [-0.2, -0.15) is 0 Å². The highest BCUT2D eigenvalue weighted by Gasteiger charge is 2.42. The first kappa shape index (κ1) is 20.8. The number of rotatable bonds is 8. The van der Waals surface area contributed by atoms with E-state index in [4.69, 9.17) is 14.2 Å². The first-order valence-corrected chi connectivity index (χ1v) is 9.41. The van der Waals surface area contributed by atoms with E-state index in [1.165, 1.54) is 12.1 Å². The maximum absolute atomic E-state index is 13.3. The predicted molar refractivity (Wildman–Crippen MR) is 107 cm³/mol. The highest BCUT2D eigenvalue weighted by Crippen LogP contribution is 2.37. The van der Waals surface area contributed by atoms with Crippen molar-refractivity contribution in [1.29, 1.82) is 0 Å². The standard InChI is InChI=1S/C21H24N2O6/c1-27-14-15-29-19-8-4-17(5-9-19)22-20(24)21(10-12-28-13-11-21)16-2-6-18(7-3-16)23(25)26/h2-9H,10-15H2,1H3,(H,22,24). The monoisotopic (exact) mass is 400 g/mol. The summed E-state index contributed by atoms with van der Waals surface area (Å²) in [6.45, 7) is 1.86. The summed E-state index contributed by atoms with van der Waals surface area (Å²) in [6.07, 6.45) is 1.02. The Morgan fingerprint density at radius 3 is 2.34 bits per heavy atom. The lowest BCUT2D eigenvalue weighted by Gasteiger charge is -2.36. The van der Waals surface area contributed by atoms with Crippen LogP contribution in [0.2, 0.25) is 0 Å². The molecule has 154 valence electrons. The van der Waals surface area contributed by atoms with Crippen molar-refractivity contribution in [3.8, 4) is 5.75 Å². The van der Waals surface area contributed by atoms with E-state index in [-0.39, 0.29) is 11.6 Å². The van der Waals surface area contributed by atoms with E-state index < -0.39 is 10.3 Å². The Labute approximate surface area is 168 Å². The summed E-state index contributed by atoms with van der Waals surface area (Å²) in [5.74, 6) is 0.541. The largest absolute Gasteiger partial charge is 0.491 e. The maximum Gasteiger partial charge on any atom is 0.269 e. The number of carbonyl (C=O) groups is 1. The summed E-state index contributed by atoms with van der Waals surface area (Å²) in [5, 5.41) is 13.9. The molecule has 1 N–H and O–H groups in total. The molecule has 0 spiro atoms. The van der Waals surface area contributed by atoms with Crippen LogP contribution in [-0.2, 0) is 19.7 Å². The van der Waals surface area contributed by atoms with Gasteiger partial charge in [0.05, 0.1) is 16.9 Å². The third-order valence-corrected chi connectivity index (χ3v) is 5.08. The van der Waals surface area contributed by atoms with Gasteiger partial charge in [-0.05, 0) is 42.7 Å². The third-order valence-electron chi connectivity index (χ3n) is 5.08. The lowest BCUT2D eigenvalue weighted by atomic mass is 9.73. The van der Waals surface area contributed by atoms with Crippen LogP contribution >= 0.6 is 0 Å². The minimum absolute atomic E-state index is 0.000398. The first-order valence-electron chi connectivity index (χ1n) is 9.41. The van der Waals surface area contributed by atoms with Crippen molar-refractivity contribution in [1.82, 2.24) is 0 Å². The number of nitro groups is 1. The summed E-state index contributed by atoms with van der Waals surface area (Å²) in [6, 6.07) is 13.3. The van der Waals surface area contributed by atoms with Crippen molar-refractivity contribution < 1.29 is 23.9 Å². The molecule has 2 aromatic carbocycles. The van der Waals surface area contributed by atoms with E-state index in [0.717, 1.165) is 5.56 Å². The van der Waals surface area contributed by atoms with E-state index in [2.05, 4.69) is 5.32 Å². The fourth-order valence-corrected chi connectivity index (χ4v) is 3.40. The molecule has 1 aliphatic rings. The van der Waals surface area contributed by atoms with Crippen molar-refractivity contribution in [2.75, 3.05) is 38.9 Å². The van der Waals surface area contributed by atoms with Gasteiger partial charge in [0.1, 0.15) is 12.4 Å². The van der Waals surface area contributed by atoms with E-state index >= 15 is 0 Å². The molecule has 3 rings (SSSR count). The summed E-state index contributed by atoms with van der Waals surface area (Å²) >= 11 is 0. The van der Waals surface area contributed by atoms with Crippen LogP contribution in [0.1, 0.15) is 18.4 Å². The van der Waals surface area contributed by atoms with E-state index in [9.17, 15) is 14.9 Å². The van der Waals surface area contributed by atoms with Crippen LogP contribution in [0.5, 0.6) is 5.75 Å². The molecule has 1 amide bonds. The van der Waals surface area contributed by atoms with Crippen molar-refractivity contribution >= 4 is 17.3 Å². The maximum atomic E-state index is 13.3. The topological polar surface area (TPSA) is 99.9 Å². The van der Waals surface area contributed by atoms with Gasteiger partial charge in [-0.15, -0.1) is 0 Å². The fraction of sp³-hybridized carbons (Fsp3) is 0.381. The molecule has 1 saturated heterocycles. The molecule has 1 heterocycles. The minimum atomic E-state index is -0.791. The number of nitrogens with one attached hydrogen (secondary N) is 1. The zero-order valence-electron chi connectivity index (χ0n) is 16.3. The highest BCUT2D eigenvalue weighted by atomic mass is 16.6. The first-order chi connectivity index (χ1) is 14.0. The van der Waals surface area contributed by atoms with Crippen LogP contribution in [-0.4, -0.2) is 44.4 Å². The zero-order chi connectivity index (χ0) is 20.7. The number of carbonyl (C=O) groups excluding carboxylic acids is 1. The SMILES string of the molecule is COCCOc1ccc(NC(=O)C2(c3ccc([N+](=O)[O-])cc3)CCOCC2)cc1. The zero-order valence-corrected chi connectivity index (χ0v) is 16.3. The summed E-state index contributed by atoms with van der Waals surface area (Å²) in [4.78, 5) is 23.8. The molecule has 0 bridgehead atoms. The van der Waals surface area contributed by atoms with Gasteiger partial charge in [-0.25, -0.2) is 0 Å². The van der Waals surface area contributed by atoms with Gasteiger partial charge in [-0.1, -0.05) is 12.1 Å². The molecule has 0 aromatic heterocycles. The molecular formula is C21H24N2O6. The Hall–Kier alpha value is -2.97. The van der Waals surface area contributed by atoms with E-state index in [0.29, 0.717) is 50.7 Å². The van der Waals surface area contributed by atoms with Crippen LogP contribution in [0.4, 0.5) is 11.4 Å². The van der Waals surface area contributed by atoms with Gasteiger partial charge in [0.25, 0.3) is 5.69 Å². The minimum Gasteiger partial charge on any atom is -0.491 e. The van der Waals surface area contributed by atoms with Gasteiger partial charge in [0.2, 0.25) is 5.91 Å². The van der Waals surface area contributed by atoms with Crippen LogP contribution in [0, 0.1) is 10.1 Å². The van der Waals surface area contributed by atoms with Crippen molar-refractivity contribution in [2.45, 2.75) is 18.3 Å². The molecule has 2 aromatic rings. The predicted octanol–water partition coefficient (Wildman–Crippen LogP) is 3.31. The second kappa shape index (κ2) is 9.49. The number of hydrogen-bond donors (Lipinski definition) is 1. The number of amides is 1. The van der Waals surface area contributed by atoms with Crippen LogP contribution in [0.25, 0.3) is 0 Å². The average molecular weight is 400 g/mol. The van der Waals surface area contributed by atoms with Crippen LogP contribution in [0.3, 0.4) is 0 Å². The van der Waals surface area contributed by atoms with Gasteiger partial charge >= 0.3 is 0 Å². The molecule has 0 radical (unpaired) electrons. The number of benzene rings is 2.